The number of esters is 1. The molecule has 0 spiro atoms. The Kier molecular flexibility index (Phi) is 6.76. The summed E-state index contributed by atoms with van der Waals surface area (Å²) in [6, 6.07) is 9.47. The monoisotopic (exact) mass is 380 g/mol. The predicted octanol–water partition coefficient (Wildman–Crippen LogP) is 4.89. The summed E-state index contributed by atoms with van der Waals surface area (Å²) in [6.45, 7) is 6.93. The molecule has 2 aromatic carbocycles. The second kappa shape index (κ2) is 8.61. The van der Waals surface area contributed by atoms with Gasteiger partial charge in [-0.15, -0.1) is 0 Å². The summed E-state index contributed by atoms with van der Waals surface area (Å²) in [5, 5.41) is 9.78. The molecule has 0 bridgehead atoms. The van der Waals surface area contributed by atoms with Gasteiger partial charge in [0.15, 0.2) is 0 Å². The van der Waals surface area contributed by atoms with Crippen LogP contribution in [-0.4, -0.2) is 17.4 Å². The van der Waals surface area contributed by atoms with Gasteiger partial charge in [-0.05, 0) is 54.8 Å². The molecule has 0 saturated heterocycles. The zero-order chi connectivity index (χ0) is 18.6. The molecular formula is C19H21ClO4S. The summed E-state index contributed by atoms with van der Waals surface area (Å²) in [5.74, 6) is 0.298. The van der Waals surface area contributed by atoms with Crippen LogP contribution in [0.25, 0.3) is 0 Å². The van der Waals surface area contributed by atoms with Gasteiger partial charge in [0, 0.05) is 23.6 Å². The maximum atomic E-state index is 11.0. The van der Waals surface area contributed by atoms with Gasteiger partial charge in [0.05, 0.1) is 11.6 Å². The molecule has 2 rings (SSSR count). The zero-order valence-electron chi connectivity index (χ0n) is 14.6. The van der Waals surface area contributed by atoms with Crippen LogP contribution in [0.3, 0.4) is 0 Å². The minimum Gasteiger partial charge on any atom is -0.455 e. The van der Waals surface area contributed by atoms with Crippen molar-refractivity contribution in [2.24, 2.45) is 0 Å². The first-order chi connectivity index (χ1) is 11.8. The molecule has 0 fully saturated rings. The van der Waals surface area contributed by atoms with Gasteiger partial charge in [-0.1, -0.05) is 29.4 Å². The van der Waals surface area contributed by atoms with E-state index in [2.05, 4.69) is 0 Å². The van der Waals surface area contributed by atoms with Crippen LogP contribution >= 0.6 is 23.4 Å². The first-order valence-corrected chi connectivity index (χ1v) is 9.02. The van der Waals surface area contributed by atoms with Crippen molar-refractivity contribution >= 4 is 29.3 Å². The molecule has 0 aliphatic rings. The smallest absolute Gasteiger partial charge is 0.305 e. The van der Waals surface area contributed by atoms with Crippen molar-refractivity contribution in [3.8, 4) is 5.75 Å². The van der Waals surface area contributed by atoms with E-state index in [1.165, 1.54) is 6.92 Å². The Balaban J connectivity index is 2.20. The van der Waals surface area contributed by atoms with E-state index in [0.29, 0.717) is 10.8 Å². The van der Waals surface area contributed by atoms with Crippen molar-refractivity contribution < 1.29 is 19.4 Å². The van der Waals surface area contributed by atoms with Crippen LogP contribution in [-0.2, 0) is 16.1 Å². The van der Waals surface area contributed by atoms with E-state index < -0.39 is 6.29 Å². The van der Waals surface area contributed by atoms with Gasteiger partial charge >= 0.3 is 5.97 Å². The number of hydrogen-bond donors (Lipinski definition) is 1. The van der Waals surface area contributed by atoms with E-state index in [-0.39, 0.29) is 12.6 Å². The summed E-state index contributed by atoms with van der Waals surface area (Å²) in [5.41, 5.74) is 2.75. The quantitative estimate of drug-likeness (QED) is 0.571. The summed E-state index contributed by atoms with van der Waals surface area (Å²) in [4.78, 5) is 13.0. The Bertz CT molecular complexity index is 776. The van der Waals surface area contributed by atoms with E-state index in [0.717, 1.165) is 26.5 Å². The molecule has 1 N–H and O–H groups in total. The lowest BCUT2D eigenvalue weighted by Crippen LogP contribution is -2.19. The highest BCUT2D eigenvalue weighted by atomic mass is 35.5. The first-order valence-electron chi connectivity index (χ1n) is 7.82. The molecule has 134 valence electrons. The van der Waals surface area contributed by atoms with Crippen molar-refractivity contribution in [3.05, 3.63) is 52.0 Å². The summed E-state index contributed by atoms with van der Waals surface area (Å²) in [6.07, 6.45) is -0.644. The maximum absolute atomic E-state index is 11.0. The zero-order valence-corrected chi connectivity index (χ0v) is 16.2. The van der Waals surface area contributed by atoms with E-state index >= 15 is 0 Å². The Morgan fingerprint density at radius 3 is 2.52 bits per heavy atom. The number of aryl methyl sites for hydroxylation is 2. The number of hydrogen-bond acceptors (Lipinski definition) is 5. The van der Waals surface area contributed by atoms with Gasteiger partial charge in [0.2, 0.25) is 6.29 Å². The van der Waals surface area contributed by atoms with Gasteiger partial charge in [-0.2, -0.15) is 0 Å². The number of rotatable bonds is 6. The molecule has 0 radical (unpaired) electrons. The normalized spacial score (nSPS) is 11.9. The second-order valence-corrected chi connectivity index (χ2v) is 7.19. The molecule has 25 heavy (non-hydrogen) atoms. The van der Waals surface area contributed by atoms with Crippen LogP contribution < -0.4 is 4.74 Å². The van der Waals surface area contributed by atoms with Crippen LogP contribution in [0.4, 0.5) is 0 Å². The molecule has 6 heteroatoms. The molecular weight excluding hydrogens is 360 g/mol. The first kappa shape index (κ1) is 19.6. The Hall–Kier alpha value is -1.69. The maximum Gasteiger partial charge on any atom is 0.305 e. The average Bonchev–Trinajstić information content (AvgIpc) is 2.53. The molecule has 0 aliphatic carbocycles. The van der Waals surface area contributed by atoms with Crippen LogP contribution in [0.5, 0.6) is 5.75 Å². The molecule has 4 nitrogen and oxygen atoms in total. The SMILES string of the molecule is CC(=O)OC(C)Oc1cc(C)c(Sc2ccc(CO)cc2Cl)cc1C. The van der Waals surface area contributed by atoms with Crippen LogP contribution in [0.2, 0.25) is 5.02 Å². The summed E-state index contributed by atoms with van der Waals surface area (Å²) in [7, 11) is 0. The van der Waals surface area contributed by atoms with Crippen molar-refractivity contribution in [2.45, 2.75) is 50.4 Å². The van der Waals surface area contributed by atoms with Gasteiger partial charge in [0.1, 0.15) is 5.75 Å². The van der Waals surface area contributed by atoms with Gasteiger partial charge in [-0.3, -0.25) is 4.79 Å². The molecule has 1 unspecified atom stereocenters. The molecule has 0 saturated carbocycles. The third kappa shape index (κ3) is 5.39. The third-order valence-corrected chi connectivity index (χ3v) is 5.16. The van der Waals surface area contributed by atoms with Crippen LogP contribution in [0.1, 0.15) is 30.5 Å². The molecule has 1 atom stereocenters. The lowest BCUT2D eigenvalue weighted by molar-refractivity contribution is -0.158. The van der Waals surface area contributed by atoms with Crippen molar-refractivity contribution in [1.29, 1.82) is 0 Å². The Morgan fingerprint density at radius 1 is 1.20 bits per heavy atom. The molecule has 0 aromatic heterocycles. The minimum atomic E-state index is -0.644. The highest BCUT2D eigenvalue weighted by molar-refractivity contribution is 7.99. The van der Waals surface area contributed by atoms with Gasteiger partial charge < -0.3 is 14.6 Å². The van der Waals surface area contributed by atoms with Crippen molar-refractivity contribution in [2.75, 3.05) is 0 Å². The minimum absolute atomic E-state index is 0.0324. The number of halogens is 1. The lowest BCUT2D eigenvalue weighted by atomic mass is 10.1. The summed E-state index contributed by atoms with van der Waals surface area (Å²) < 4.78 is 10.7. The van der Waals surface area contributed by atoms with E-state index in [4.69, 9.17) is 26.2 Å². The van der Waals surface area contributed by atoms with Crippen molar-refractivity contribution in [1.82, 2.24) is 0 Å². The number of ether oxygens (including phenoxy) is 2. The average molecular weight is 381 g/mol. The second-order valence-electron chi connectivity index (χ2n) is 5.70. The largest absolute Gasteiger partial charge is 0.455 e. The number of benzene rings is 2. The van der Waals surface area contributed by atoms with Gasteiger partial charge in [-0.25, -0.2) is 0 Å². The third-order valence-electron chi connectivity index (χ3n) is 3.50. The van der Waals surface area contributed by atoms with E-state index in [1.807, 2.05) is 38.1 Å². The number of carbonyl (C=O) groups excluding carboxylic acids is 1. The molecule has 0 amide bonds. The predicted molar refractivity (Wildman–Crippen MR) is 99.3 cm³/mol. The standard InChI is InChI=1S/C19H21ClO4S/c1-11-8-19(25-18-6-5-15(10-21)9-16(18)20)12(2)7-17(11)24-14(4)23-13(3)22/h5-9,14,21H,10H2,1-4H3. The Morgan fingerprint density at radius 2 is 1.92 bits per heavy atom. The molecule has 2 aromatic rings. The highest BCUT2D eigenvalue weighted by Gasteiger charge is 2.13. The molecule has 0 aliphatic heterocycles. The van der Waals surface area contributed by atoms with Crippen molar-refractivity contribution in [3.63, 3.8) is 0 Å². The Labute approximate surface area is 157 Å². The van der Waals surface area contributed by atoms with Gasteiger partial charge in [0.25, 0.3) is 0 Å². The van der Waals surface area contributed by atoms with Crippen LogP contribution in [0.15, 0.2) is 40.1 Å². The lowest BCUT2D eigenvalue weighted by Gasteiger charge is -2.18. The fraction of sp³-hybridized carbons (Fsp3) is 0.316. The van der Waals surface area contributed by atoms with E-state index in [9.17, 15) is 4.79 Å². The summed E-state index contributed by atoms with van der Waals surface area (Å²) >= 11 is 7.85. The number of aliphatic hydroxyl groups is 1. The number of aliphatic hydroxyl groups excluding tert-OH is 1. The number of carbonyl (C=O) groups is 1. The topological polar surface area (TPSA) is 55.8 Å². The molecule has 0 heterocycles. The fourth-order valence-corrected chi connectivity index (χ4v) is 3.58. The van der Waals surface area contributed by atoms with Crippen LogP contribution in [0, 0.1) is 13.8 Å². The fourth-order valence-electron chi connectivity index (χ4n) is 2.28. The highest BCUT2D eigenvalue weighted by Crippen LogP contribution is 2.38. The van der Waals surface area contributed by atoms with E-state index in [1.54, 1.807) is 24.8 Å².